The standard InChI is InChI=1S/C12H26N2O2/c1-4-5-13-6-12(15)9-14-7-10(2)16-11(3)8-14/h10-13,15H,4-9H2,1-3H3/t10-,11+,12?. The van der Waals surface area contributed by atoms with Crippen LogP contribution in [0.4, 0.5) is 0 Å². The lowest BCUT2D eigenvalue weighted by Gasteiger charge is -2.36. The molecule has 4 heteroatoms. The molecule has 0 aromatic carbocycles. The van der Waals surface area contributed by atoms with Crippen LogP contribution in [0.2, 0.25) is 0 Å². The van der Waals surface area contributed by atoms with Crippen molar-refractivity contribution in [1.82, 2.24) is 10.2 Å². The van der Waals surface area contributed by atoms with Crippen LogP contribution < -0.4 is 5.32 Å². The van der Waals surface area contributed by atoms with Gasteiger partial charge in [0.2, 0.25) is 0 Å². The van der Waals surface area contributed by atoms with Gasteiger partial charge in [0.1, 0.15) is 0 Å². The maximum Gasteiger partial charge on any atom is 0.0791 e. The van der Waals surface area contributed by atoms with Crippen LogP contribution in [0.5, 0.6) is 0 Å². The second-order valence-corrected chi connectivity index (χ2v) is 4.83. The van der Waals surface area contributed by atoms with E-state index in [1.807, 2.05) is 0 Å². The van der Waals surface area contributed by atoms with E-state index in [-0.39, 0.29) is 18.3 Å². The number of rotatable bonds is 6. The van der Waals surface area contributed by atoms with E-state index in [0.717, 1.165) is 32.6 Å². The van der Waals surface area contributed by atoms with Crippen molar-refractivity contribution in [2.75, 3.05) is 32.7 Å². The Morgan fingerprint density at radius 2 is 2.00 bits per heavy atom. The van der Waals surface area contributed by atoms with E-state index >= 15 is 0 Å². The number of hydrogen-bond acceptors (Lipinski definition) is 4. The summed E-state index contributed by atoms with van der Waals surface area (Å²) in [5.41, 5.74) is 0. The molecule has 4 nitrogen and oxygen atoms in total. The van der Waals surface area contributed by atoms with Crippen molar-refractivity contribution in [2.45, 2.75) is 45.5 Å². The van der Waals surface area contributed by atoms with Crippen molar-refractivity contribution in [3.63, 3.8) is 0 Å². The van der Waals surface area contributed by atoms with E-state index in [4.69, 9.17) is 4.74 Å². The Hall–Kier alpha value is -0.160. The summed E-state index contributed by atoms with van der Waals surface area (Å²) in [6.07, 6.45) is 1.39. The van der Waals surface area contributed by atoms with Crippen LogP contribution in [0.1, 0.15) is 27.2 Å². The Morgan fingerprint density at radius 1 is 1.38 bits per heavy atom. The monoisotopic (exact) mass is 230 g/mol. The van der Waals surface area contributed by atoms with Crippen LogP contribution in [-0.2, 0) is 4.74 Å². The van der Waals surface area contributed by atoms with Gasteiger partial charge in [-0.1, -0.05) is 6.92 Å². The minimum atomic E-state index is -0.274. The number of nitrogens with one attached hydrogen (secondary N) is 1. The molecule has 1 fully saturated rings. The molecule has 0 amide bonds. The molecule has 0 aliphatic carbocycles. The number of morpholine rings is 1. The first-order valence-corrected chi connectivity index (χ1v) is 6.38. The Kier molecular flexibility index (Phi) is 6.28. The van der Waals surface area contributed by atoms with Crippen molar-refractivity contribution in [3.05, 3.63) is 0 Å². The van der Waals surface area contributed by atoms with Gasteiger partial charge >= 0.3 is 0 Å². The van der Waals surface area contributed by atoms with Crippen molar-refractivity contribution in [2.24, 2.45) is 0 Å². The minimum Gasteiger partial charge on any atom is -0.390 e. The highest BCUT2D eigenvalue weighted by Crippen LogP contribution is 2.10. The summed E-state index contributed by atoms with van der Waals surface area (Å²) in [6, 6.07) is 0. The Morgan fingerprint density at radius 3 is 2.56 bits per heavy atom. The molecule has 1 rings (SSSR count). The molecule has 1 saturated heterocycles. The molecule has 0 aromatic heterocycles. The van der Waals surface area contributed by atoms with Crippen molar-refractivity contribution in [1.29, 1.82) is 0 Å². The van der Waals surface area contributed by atoms with Gasteiger partial charge in [0.25, 0.3) is 0 Å². The normalized spacial score (nSPS) is 29.2. The van der Waals surface area contributed by atoms with Crippen LogP contribution in [0.25, 0.3) is 0 Å². The maximum absolute atomic E-state index is 9.86. The van der Waals surface area contributed by atoms with Crippen LogP contribution >= 0.6 is 0 Å². The molecule has 2 N–H and O–H groups in total. The lowest BCUT2D eigenvalue weighted by Crippen LogP contribution is -2.49. The van der Waals surface area contributed by atoms with Gasteiger partial charge < -0.3 is 15.2 Å². The highest BCUT2D eigenvalue weighted by atomic mass is 16.5. The average molecular weight is 230 g/mol. The second-order valence-electron chi connectivity index (χ2n) is 4.83. The van der Waals surface area contributed by atoms with Crippen LogP contribution in [0.3, 0.4) is 0 Å². The largest absolute Gasteiger partial charge is 0.390 e. The zero-order valence-corrected chi connectivity index (χ0v) is 10.8. The van der Waals surface area contributed by atoms with Crippen molar-refractivity contribution >= 4 is 0 Å². The SMILES string of the molecule is CCCNCC(O)CN1C[C@@H](C)O[C@@H](C)C1. The molecule has 1 aliphatic rings. The summed E-state index contributed by atoms with van der Waals surface area (Å²) in [4.78, 5) is 2.29. The first-order valence-electron chi connectivity index (χ1n) is 6.38. The molecule has 96 valence electrons. The summed E-state index contributed by atoms with van der Waals surface area (Å²) >= 11 is 0. The number of ether oxygens (including phenoxy) is 1. The number of nitrogens with zero attached hydrogens (tertiary/aromatic N) is 1. The highest BCUT2D eigenvalue weighted by molar-refractivity contribution is 4.76. The van der Waals surface area contributed by atoms with Gasteiger partial charge in [0.15, 0.2) is 0 Å². The molecule has 3 atom stereocenters. The van der Waals surface area contributed by atoms with E-state index in [1.54, 1.807) is 0 Å². The highest BCUT2D eigenvalue weighted by Gasteiger charge is 2.23. The number of aliphatic hydroxyl groups is 1. The van der Waals surface area contributed by atoms with Gasteiger partial charge in [-0.3, -0.25) is 4.90 Å². The first-order chi connectivity index (χ1) is 7.61. The molecule has 1 aliphatic heterocycles. The lowest BCUT2D eigenvalue weighted by molar-refractivity contribution is -0.0761. The number of aliphatic hydroxyl groups excluding tert-OH is 1. The quantitative estimate of drug-likeness (QED) is 0.651. The zero-order chi connectivity index (χ0) is 12.0. The average Bonchev–Trinajstić information content (AvgIpc) is 2.16. The summed E-state index contributed by atoms with van der Waals surface area (Å²) in [5, 5.41) is 13.1. The maximum atomic E-state index is 9.86. The van der Waals surface area contributed by atoms with Gasteiger partial charge in [-0.05, 0) is 26.8 Å². The minimum absolute atomic E-state index is 0.274. The number of β-amino-alcohol motifs (C(OH)–C–C–N with tert-alkyl or cyclic N) is 1. The van der Waals surface area contributed by atoms with Crippen LogP contribution in [0, 0.1) is 0 Å². The fraction of sp³-hybridized carbons (Fsp3) is 1.00. The Balaban J connectivity index is 2.19. The van der Waals surface area contributed by atoms with Gasteiger partial charge in [-0.25, -0.2) is 0 Å². The van der Waals surface area contributed by atoms with E-state index in [0.29, 0.717) is 6.54 Å². The van der Waals surface area contributed by atoms with Crippen LogP contribution in [-0.4, -0.2) is 61.0 Å². The van der Waals surface area contributed by atoms with Crippen molar-refractivity contribution in [3.8, 4) is 0 Å². The fourth-order valence-corrected chi connectivity index (χ4v) is 2.24. The molecule has 16 heavy (non-hydrogen) atoms. The van der Waals surface area contributed by atoms with Crippen LogP contribution in [0.15, 0.2) is 0 Å². The first kappa shape index (κ1) is 13.9. The molecule has 0 spiro atoms. The predicted octanol–water partition coefficient (Wildman–Crippen LogP) is 0.456. The van der Waals surface area contributed by atoms with Gasteiger partial charge in [0, 0.05) is 26.2 Å². The third-order valence-corrected chi connectivity index (χ3v) is 2.77. The molecule has 0 saturated carbocycles. The molecular weight excluding hydrogens is 204 g/mol. The molecular formula is C12H26N2O2. The topological polar surface area (TPSA) is 44.7 Å². The smallest absolute Gasteiger partial charge is 0.0791 e. The third kappa shape index (κ3) is 5.25. The Labute approximate surface area is 99.0 Å². The van der Waals surface area contributed by atoms with E-state index in [9.17, 15) is 5.11 Å². The molecule has 0 bridgehead atoms. The lowest BCUT2D eigenvalue weighted by atomic mass is 10.2. The molecule has 1 unspecified atom stereocenters. The van der Waals surface area contributed by atoms with Gasteiger partial charge in [0.05, 0.1) is 18.3 Å². The second kappa shape index (κ2) is 7.22. The van der Waals surface area contributed by atoms with E-state index < -0.39 is 0 Å². The van der Waals surface area contributed by atoms with Crippen molar-refractivity contribution < 1.29 is 9.84 Å². The third-order valence-electron chi connectivity index (χ3n) is 2.77. The van der Waals surface area contributed by atoms with Gasteiger partial charge in [-0.15, -0.1) is 0 Å². The van der Waals surface area contributed by atoms with E-state index in [1.165, 1.54) is 0 Å². The molecule has 0 aromatic rings. The number of hydrogen-bond donors (Lipinski definition) is 2. The molecule has 1 heterocycles. The summed E-state index contributed by atoms with van der Waals surface area (Å²) in [6.45, 7) is 10.6. The fourth-order valence-electron chi connectivity index (χ4n) is 2.24. The molecule has 0 radical (unpaired) electrons. The van der Waals surface area contributed by atoms with E-state index in [2.05, 4.69) is 31.0 Å². The summed E-state index contributed by atoms with van der Waals surface area (Å²) in [5.74, 6) is 0. The predicted molar refractivity (Wildman–Crippen MR) is 65.6 cm³/mol. The zero-order valence-electron chi connectivity index (χ0n) is 10.8. The summed E-state index contributed by atoms with van der Waals surface area (Å²) in [7, 11) is 0. The van der Waals surface area contributed by atoms with Gasteiger partial charge in [-0.2, -0.15) is 0 Å². The summed E-state index contributed by atoms with van der Waals surface area (Å²) < 4.78 is 5.66. The Bertz CT molecular complexity index is 180.